The van der Waals surface area contributed by atoms with Crippen molar-refractivity contribution < 1.29 is 14.4 Å². The van der Waals surface area contributed by atoms with Crippen LogP contribution in [0.3, 0.4) is 0 Å². The third kappa shape index (κ3) is 4.59. The van der Waals surface area contributed by atoms with E-state index in [1.165, 1.54) is 11.3 Å². The van der Waals surface area contributed by atoms with Crippen molar-refractivity contribution >= 4 is 34.9 Å². The lowest BCUT2D eigenvalue weighted by Gasteiger charge is -2.37. The Morgan fingerprint density at radius 1 is 1.26 bits per heavy atom. The van der Waals surface area contributed by atoms with Crippen LogP contribution in [-0.2, 0) is 9.59 Å². The minimum Gasteiger partial charge on any atom is -0.353 e. The number of piperazine rings is 1. The van der Waals surface area contributed by atoms with Crippen LogP contribution in [0, 0.1) is 0 Å². The standard InChI is InChI=1S/C18H25N5O3S/c24-16(20-11-1-2-11)4-3-14-8-19-17(25)15-7-13(9-23(14)15)22-18(26)21-12-5-6-27-10-12/h5-6,10-11,13-15H,1-4,7-9H2,(H,19,25)(H,20,24)(H2,21,22,26)/t13-,14-,15+/m1/s1. The van der Waals surface area contributed by atoms with E-state index in [0.717, 1.165) is 18.5 Å². The molecule has 3 heterocycles. The van der Waals surface area contributed by atoms with Gasteiger partial charge in [0.15, 0.2) is 0 Å². The van der Waals surface area contributed by atoms with Gasteiger partial charge in [-0.15, -0.1) is 0 Å². The number of hydrogen-bond acceptors (Lipinski definition) is 5. The van der Waals surface area contributed by atoms with E-state index in [1.54, 1.807) is 0 Å². The van der Waals surface area contributed by atoms with E-state index in [0.29, 0.717) is 38.4 Å². The van der Waals surface area contributed by atoms with Gasteiger partial charge in [-0.25, -0.2) is 4.79 Å². The molecule has 9 heteroatoms. The van der Waals surface area contributed by atoms with Gasteiger partial charge in [-0.3, -0.25) is 14.5 Å². The average Bonchev–Trinajstić information content (AvgIpc) is 3.11. The van der Waals surface area contributed by atoms with Gasteiger partial charge in [0.1, 0.15) is 0 Å². The van der Waals surface area contributed by atoms with Crippen LogP contribution in [0.1, 0.15) is 32.1 Å². The summed E-state index contributed by atoms with van der Waals surface area (Å²) >= 11 is 1.52. The molecule has 1 aliphatic carbocycles. The summed E-state index contributed by atoms with van der Waals surface area (Å²) < 4.78 is 0. The molecule has 27 heavy (non-hydrogen) atoms. The van der Waals surface area contributed by atoms with Crippen molar-refractivity contribution in [1.29, 1.82) is 0 Å². The fraction of sp³-hybridized carbons (Fsp3) is 0.611. The Bertz CT molecular complexity index is 706. The largest absolute Gasteiger partial charge is 0.353 e. The molecule has 146 valence electrons. The topological polar surface area (TPSA) is 103 Å². The minimum atomic E-state index is -0.251. The summed E-state index contributed by atoms with van der Waals surface area (Å²) in [4.78, 5) is 38.5. The molecule has 2 aliphatic heterocycles. The Morgan fingerprint density at radius 2 is 2.11 bits per heavy atom. The zero-order chi connectivity index (χ0) is 18.8. The third-order valence-electron chi connectivity index (χ3n) is 5.38. The summed E-state index contributed by atoms with van der Waals surface area (Å²) in [6.45, 7) is 1.18. The molecule has 0 spiro atoms. The van der Waals surface area contributed by atoms with Gasteiger partial charge >= 0.3 is 6.03 Å². The molecular formula is C18H25N5O3S. The van der Waals surface area contributed by atoms with Gasteiger partial charge in [-0.2, -0.15) is 11.3 Å². The summed E-state index contributed by atoms with van der Waals surface area (Å²) in [5, 5.41) is 15.5. The Labute approximate surface area is 162 Å². The van der Waals surface area contributed by atoms with Crippen molar-refractivity contribution in [2.75, 3.05) is 18.4 Å². The molecule has 1 aromatic rings. The maximum absolute atomic E-state index is 12.2. The second-order valence-electron chi connectivity index (χ2n) is 7.54. The highest BCUT2D eigenvalue weighted by Crippen LogP contribution is 2.26. The van der Waals surface area contributed by atoms with Crippen LogP contribution in [0.5, 0.6) is 0 Å². The monoisotopic (exact) mass is 391 g/mol. The van der Waals surface area contributed by atoms with Gasteiger partial charge in [0.2, 0.25) is 11.8 Å². The Balaban J connectivity index is 1.29. The number of nitrogens with zero attached hydrogens (tertiary/aromatic N) is 1. The molecular weight excluding hydrogens is 366 g/mol. The normalized spacial score (nSPS) is 27.6. The third-order valence-corrected chi connectivity index (χ3v) is 6.07. The van der Waals surface area contributed by atoms with E-state index in [9.17, 15) is 14.4 Å². The number of carbonyl (C=O) groups is 3. The van der Waals surface area contributed by atoms with Crippen molar-refractivity contribution in [3.63, 3.8) is 0 Å². The highest BCUT2D eigenvalue weighted by Gasteiger charge is 2.43. The van der Waals surface area contributed by atoms with Gasteiger partial charge in [0.25, 0.3) is 0 Å². The van der Waals surface area contributed by atoms with Crippen molar-refractivity contribution in [3.05, 3.63) is 16.8 Å². The van der Waals surface area contributed by atoms with Gasteiger partial charge < -0.3 is 21.3 Å². The molecule has 3 fully saturated rings. The van der Waals surface area contributed by atoms with E-state index in [-0.39, 0.29) is 36.0 Å². The summed E-state index contributed by atoms with van der Waals surface area (Å²) in [7, 11) is 0. The molecule has 3 atom stereocenters. The van der Waals surface area contributed by atoms with E-state index in [1.807, 2.05) is 16.8 Å². The molecule has 1 aromatic heterocycles. The molecule has 4 N–H and O–H groups in total. The number of amides is 4. The summed E-state index contributed by atoms with van der Waals surface area (Å²) in [6, 6.07) is 1.78. The van der Waals surface area contributed by atoms with Crippen molar-refractivity contribution in [2.24, 2.45) is 0 Å². The molecule has 1 saturated carbocycles. The molecule has 4 rings (SSSR count). The number of thiophene rings is 1. The number of urea groups is 1. The van der Waals surface area contributed by atoms with Crippen LogP contribution >= 0.6 is 11.3 Å². The highest BCUT2D eigenvalue weighted by molar-refractivity contribution is 7.08. The van der Waals surface area contributed by atoms with Gasteiger partial charge in [-0.05, 0) is 37.1 Å². The first-order valence-electron chi connectivity index (χ1n) is 9.51. The highest BCUT2D eigenvalue weighted by atomic mass is 32.1. The van der Waals surface area contributed by atoms with Crippen molar-refractivity contribution in [2.45, 2.75) is 56.3 Å². The first-order valence-corrected chi connectivity index (χ1v) is 10.5. The number of anilines is 1. The van der Waals surface area contributed by atoms with Crippen LogP contribution in [0.2, 0.25) is 0 Å². The van der Waals surface area contributed by atoms with Gasteiger partial charge in [-0.1, -0.05) is 0 Å². The SMILES string of the molecule is O=C(CC[C@@H]1CNC(=O)[C@@H]2C[C@@H](NC(=O)Nc3ccsc3)CN12)NC1CC1. The van der Waals surface area contributed by atoms with Gasteiger partial charge in [0.05, 0.1) is 11.7 Å². The lowest BCUT2D eigenvalue weighted by molar-refractivity contribution is -0.129. The number of carbonyl (C=O) groups excluding carboxylic acids is 3. The van der Waals surface area contributed by atoms with Crippen molar-refractivity contribution in [3.8, 4) is 0 Å². The smallest absolute Gasteiger partial charge is 0.319 e. The molecule has 8 nitrogen and oxygen atoms in total. The van der Waals surface area contributed by atoms with Crippen LogP contribution in [0.25, 0.3) is 0 Å². The second-order valence-corrected chi connectivity index (χ2v) is 8.32. The lowest BCUT2D eigenvalue weighted by Crippen LogP contribution is -2.58. The van der Waals surface area contributed by atoms with E-state index >= 15 is 0 Å². The summed E-state index contributed by atoms with van der Waals surface area (Å²) in [6.07, 6.45) is 3.94. The molecule has 4 amide bonds. The van der Waals surface area contributed by atoms with Crippen LogP contribution < -0.4 is 21.3 Å². The quantitative estimate of drug-likeness (QED) is 0.578. The number of hydrogen-bond donors (Lipinski definition) is 4. The fourth-order valence-corrected chi connectivity index (χ4v) is 4.45. The molecule has 0 bridgehead atoms. The predicted molar refractivity (Wildman–Crippen MR) is 103 cm³/mol. The van der Waals surface area contributed by atoms with E-state index in [2.05, 4.69) is 26.2 Å². The summed E-state index contributed by atoms with van der Waals surface area (Å²) in [5.74, 6) is 0.103. The second kappa shape index (κ2) is 7.85. The fourth-order valence-electron chi connectivity index (χ4n) is 3.86. The summed E-state index contributed by atoms with van der Waals surface area (Å²) in [5.41, 5.74) is 0.769. The first-order chi connectivity index (χ1) is 13.1. The molecule has 0 aromatic carbocycles. The maximum Gasteiger partial charge on any atom is 0.319 e. The Kier molecular flexibility index (Phi) is 5.31. The zero-order valence-corrected chi connectivity index (χ0v) is 15.9. The van der Waals surface area contributed by atoms with Crippen LogP contribution in [-0.4, -0.2) is 60.0 Å². The van der Waals surface area contributed by atoms with E-state index in [4.69, 9.17) is 0 Å². The molecule has 3 aliphatic rings. The van der Waals surface area contributed by atoms with Crippen LogP contribution in [0.15, 0.2) is 16.8 Å². The van der Waals surface area contributed by atoms with Crippen molar-refractivity contribution in [1.82, 2.24) is 20.9 Å². The minimum absolute atomic E-state index is 0.0104. The Hall–Kier alpha value is -2.13. The number of nitrogens with one attached hydrogen (secondary N) is 4. The molecule has 2 saturated heterocycles. The number of fused-ring (bicyclic) bond motifs is 1. The van der Waals surface area contributed by atoms with Crippen LogP contribution in [0.4, 0.5) is 10.5 Å². The lowest BCUT2D eigenvalue weighted by atomic mass is 10.0. The maximum atomic E-state index is 12.2. The van der Waals surface area contributed by atoms with Gasteiger partial charge in [0, 0.05) is 43.0 Å². The molecule has 0 unspecified atom stereocenters. The first kappa shape index (κ1) is 18.2. The number of rotatable bonds is 6. The van der Waals surface area contributed by atoms with E-state index < -0.39 is 0 Å². The average molecular weight is 391 g/mol. The zero-order valence-electron chi connectivity index (χ0n) is 15.1. The predicted octanol–water partition coefficient (Wildman–Crippen LogP) is 0.870. The Morgan fingerprint density at radius 3 is 2.85 bits per heavy atom. The molecule has 0 radical (unpaired) electrons.